The molecule has 6 heteroatoms. The number of benzene rings is 1. The summed E-state index contributed by atoms with van der Waals surface area (Å²) in [6.07, 6.45) is 0. The Bertz CT molecular complexity index is 396. The molecule has 6 nitrogen and oxygen atoms in total. The molecule has 0 aliphatic rings. The maximum Gasteiger partial charge on any atom is 0.319 e. The summed E-state index contributed by atoms with van der Waals surface area (Å²) in [5.74, 6) is 0. The zero-order valence-corrected chi connectivity index (χ0v) is 11.5. The molecule has 0 spiro atoms. The van der Waals surface area contributed by atoms with E-state index in [1.165, 1.54) is 0 Å². The average molecular weight is 266 g/mol. The van der Waals surface area contributed by atoms with Gasteiger partial charge in [-0.3, -0.25) is 0 Å². The predicted molar refractivity (Wildman–Crippen MR) is 77.2 cm³/mol. The SMILES string of the molecule is CN(C)CCOCCNC(=O)Nc1cccc(N)c1. The zero-order chi connectivity index (χ0) is 14.1. The second kappa shape index (κ2) is 8.34. The molecule has 0 aliphatic heterocycles. The number of nitrogens with two attached hydrogens (primary N) is 1. The highest BCUT2D eigenvalue weighted by Crippen LogP contribution is 2.11. The first-order valence-electron chi connectivity index (χ1n) is 6.21. The van der Waals surface area contributed by atoms with E-state index in [1.54, 1.807) is 24.3 Å². The molecule has 0 aliphatic carbocycles. The summed E-state index contributed by atoms with van der Waals surface area (Å²) in [5, 5.41) is 5.41. The van der Waals surface area contributed by atoms with Gasteiger partial charge >= 0.3 is 6.03 Å². The number of nitrogens with one attached hydrogen (secondary N) is 2. The van der Waals surface area contributed by atoms with E-state index in [1.807, 2.05) is 19.0 Å². The lowest BCUT2D eigenvalue weighted by molar-refractivity contribution is 0.120. The molecule has 1 aromatic carbocycles. The summed E-state index contributed by atoms with van der Waals surface area (Å²) >= 11 is 0. The van der Waals surface area contributed by atoms with Gasteiger partial charge in [-0.15, -0.1) is 0 Å². The highest BCUT2D eigenvalue weighted by atomic mass is 16.5. The maximum atomic E-state index is 11.5. The van der Waals surface area contributed by atoms with Crippen molar-refractivity contribution < 1.29 is 9.53 Å². The average Bonchev–Trinajstić information content (AvgIpc) is 2.33. The quantitative estimate of drug-likeness (QED) is 0.507. The molecular formula is C13H22N4O2. The summed E-state index contributed by atoms with van der Waals surface area (Å²) in [6, 6.07) is 6.77. The lowest BCUT2D eigenvalue weighted by Crippen LogP contribution is -2.32. The van der Waals surface area contributed by atoms with Crippen LogP contribution in [0.4, 0.5) is 16.2 Å². The van der Waals surface area contributed by atoms with Crippen LogP contribution < -0.4 is 16.4 Å². The summed E-state index contributed by atoms with van der Waals surface area (Å²) in [5.41, 5.74) is 6.91. The Kier molecular flexibility index (Phi) is 6.70. The van der Waals surface area contributed by atoms with Gasteiger partial charge in [-0.1, -0.05) is 6.07 Å². The van der Waals surface area contributed by atoms with Gasteiger partial charge in [0, 0.05) is 24.5 Å². The number of urea groups is 1. The predicted octanol–water partition coefficient (Wildman–Crippen LogP) is 0.968. The molecule has 106 valence electrons. The van der Waals surface area contributed by atoms with E-state index in [2.05, 4.69) is 10.6 Å². The van der Waals surface area contributed by atoms with Gasteiger partial charge in [0.25, 0.3) is 0 Å². The lowest BCUT2D eigenvalue weighted by atomic mass is 10.3. The first-order valence-corrected chi connectivity index (χ1v) is 6.21. The molecule has 0 heterocycles. The van der Waals surface area contributed by atoms with Crippen LogP contribution in [0.3, 0.4) is 0 Å². The molecule has 1 rings (SSSR count). The smallest absolute Gasteiger partial charge is 0.319 e. The molecule has 0 fully saturated rings. The van der Waals surface area contributed by atoms with Crippen molar-refractivity contribution in [3.8, 4) is 0 Å². The second-order valence-electron chi connectivity index (χ2n) is 4.42. The van der Waals surface area contributed by atoms with Crippen molar-refractivity contribution in [1.29, 1.82) is 0 Å². The Morgan fingerprint density at radius 1 is 1.37 bits per heavy atom. The normalized spacial score (nSPS) is 10.5. The molecule has 1 aromatic rings. The molecule has 19 heavy (non-hydrogen) atoms. The number of rotatable bonds is 7. The van der Waals surface area contributed by atoms with Crippen LogP contribution in [0.25, 0.3) is 0 Å². The van der Waals surface area contributed by atoms with E-state index < -0.39 is 0 Å². The zero-order valence-electron chi connectivity index (χ0n) is 11.5. The topological polar surface area (TPSA) is 79.6 Å². The number of hydrogen-bond acceptors (Lipinski definition) is 4. The van der Waals surface area contributed by atoms with E-state index in [9.17, 15) is 4.79 Å². The largest absolute Gasteiger partial charge is 0.399 e. The van der Waals surface area contributed by atoms with E-state index in [4.69, 9.17) is 10.5 Å². The molecular weight excluding hydrogens is 244 g/mol. The molecule has 0 saturated heterocycles. The van der Waals surface area contributed by atoms with Crippen LogP contribution in [0.5, 0.6) is 0 Å². The number of likely N-dealkylation sites (N-methyl/N-ethyl adjacent to an activating group) is 1. The summed E-state index contributed by atoms with van der Waals surface area (Å²) in [6.45, 7) is 2.50. The fraction of sp³-hybridized carbons (Fsp3) is 0.462. The fourth-order valence-corrected chi connectivity index (χ4v) is 1.38. The Hall–Kier alpha value is -1.79. The van der Waals surface area contributed by atoms with Gasteiger partial charge in [0.1, 0.15) is 0 Å². The van der Waals surface area contributed by atoms with Crippen molar-refractivity contribution in [2.75, 3.05) is 51.4 Å². The molecule has 0 radical (unpaired) electrons. The highest BCUT2D eigenvalue weighted by molar-refractivity contribution is 5.89. The maximum absolute atomic E-state index is 11.5. The van der Waals surface area contributed by atoms with Gasteiger partial charge < -0.3 is 26.0 Å². The lowest BCUT2D eigenvalue weighted by Gasteiger charge is -2.11. The third-order valence-electron chi connectivity index (χ3n) is 2.36. The Balaban J connectivity index is 2.11. The van der Waals surface area contributed by atoms with Gasteiger partial charge in [-0.25, -0.2) is 4.79 Å². The number of ether oxygens (including phenoxy) is 1. The number of carbonyl (C=O) groups excluding carboxylic acids is 1. The van der Waals surface area contributed by atoms with Crippen LogP contribution in [-0.4, -0.2) is 51.3 Å². The van der Waals surface area contributed by atoms with E-state index in [0.717, 1.165) is 6.54 Å². The van der Waals surface area contributed by atoms with Crippen LogP contribution in [0.15, 0.2) is 24.3 Å². The van der Waals surface area contributed by atoms with Crippen molar-refractivity contribution in [2.24, 2.45) is 0 Å². The molecule has 0 bridgehead atoms. The third kappa shape index (κ3) is 7.28. The summed E-state index contributed by atoms with van der Waals surface area (Å²) in [4.78, 5) is 13.6. The van der Waals surface area contributed by atoms with Crippen molar-refractivity contribution in [3.63, 3.8) is 0 Å². The molecule has 0 atom stereocenters. The highest BCUT2D eigenvalue weighted by Gasteiger charge is 2.00. The van der Waals surface area contributed by atoms with Crippen LogP contribution >= 0.6 is 0 Å². The minimum Gasteiger partial charge on any atom is -0.399 e. The molecule has 0 saturated carbocycles. The van der Waals surface area contributed by atoms with E-state index in [-0.39, 0.29) is 6.03 Å². The first kappa shape index (κ1) is 15.3. The van der Waals surface area contributed by atoms with Gasteiger partial charge in [-0.05, 0) is 32.3 Å². The summed E-state index contributed by atoms with van der Waals surface area (Å²) in [7, 11) is 3.97. The van der Waals surface area contributed by atoms with Gasteiger partial charge in [-0.2, -0.15) is 0 Å². The van der Waals surface area contributed by atoms with E-state index >= 15 is 0 Å². The van der Waals surface area contributed by atoms with Crippen LogP contribution in [0.2, 0.25) is 0 Å². The number of anilines is 2. The Labute approximate surface area is 113 Å². The van der Waals surface area contributed by atoms with E-state index in [0.29, 0.717) is 31.1 Å². The van der Waals surface area contributed by atoms with Gasteiger partial charge in [0.2, 0.25) is 0 Å². The molecule has 0 unspecified atom stereocenters. The van der Waals surface area contributed by atoms with Crippen molar-refractivity contribution in [3.05, 3.63) is 24.3 Å². The van der Waals surface area contributed by atoms with Gasteiger partial charge in [0.15, 0.2) is 0 Å². The van der Waals surface area contributed by atoms with Crippen molar-refractivity contribution in [1.82, 2.24) is 10.2 Å². The summed E-state index contributed by atoms with van der Waals surface area (Å²) < 4.78 is 5.36. The number of carbonyl (C=O) groups is 1. The Morgan fingerprint density at radius 2 is 2.16 bits per heavy atom. The Morgan fingerprint density at radius 3 is 2.84 bits per heavy atom. The van der Waals surface area contributed by atoms with Gasteiger partial charge in [0.05, 0.1) is 13.2 Å². The third-order valence-corrected chi connectivity index (χ3v) is 2.36. The van der Waals surface area contributed by atoms with Crippen molar-refractivity contribution in [2.45, 2.75) is 0 Å². The monoisotopic (exact) mass is 266 g/mol. The van der Waals surface area contributed by atoms with Crippen molar-refractivity contribution >= 4 is 17.4 Å². The minimum absolute atomic E-state index is 0.262. The number of amides is 2. The van der Waals surface area contributed by atoms with Crippen LogP contribution in [0, 0.1) is 0 Å². The minimum atomic E-state index is -0.262. The molecule has 0 aromatic heterocycles. The number of nitrogens with zero attached hydrogens (tertiary/aromatic N) is 1. The standard InChI is InChI=1S/C13H22N4O2/c1-17(2)7-9-19-8-6-15-13(18)16-12-5-3-4-11(14)10-12/h3-5,10H,6-9,14H2,1-2H3,(H2,15,16,18). The first-order chi connectivity index (χ1) is 9.08. The molecule has 2 amide bonds. The molecule has 4 N–H and O–H groups in total. The number of nitrogen functional groups attached to an aromatic ring is 1. The van der Waals surface area contributed by atoms with Crippen LogP contribution in [-0.2, 0) is 4.74 Å². The fourth-order valence-electron chi connectivity index (χ4n) is 1.38. The second-order valence-corrected chi connectivity index (χ2v) is 4.42. The number of hydrogen-bond donors (Lipinski definition) is 3. The van der Waals surface area contributed by atoms with Crippen LogP contribution in [0.1, 0.15) is 0 Å².